The van der Waals surface area contributed by atoms with Gasteiger partial charge in [-0.15, -0.1) is 0 Å². The van der Waals surface area contributed by atoms with Crippen LogP contribution in [0.4, 0.5) is 17.5 Å². The fourth-order valence-electron chi connectivity index (χ4n) is 2.45. The zero-order valence-electron chi connectivity index (χ0n) is 14.6. The average Bonchev–Trinajstić information content (AvgIpc) is 2.54. The molecule has 25 heavy (non-hydrogen) atoms. The lowest BCUT2D eigenvalue weighted by Gasteiger charge is -2.15. The molecule has 3 heterocycles. The Hall–Kier alpha value is -2.54. The summed E-state index contributed by atoms with van der Waals surface area (Å²) in [4.78, 5) is 23.8. The minimum absolute atomic E-state index is 0. The van der Waals surface area contributed by atoms with Gasteiger partial charge in [0.05, 0.1) is 5.39 Å². The molecule has 0 spiro atoms. The summed E-state index contributed by atoms with van der Waals surface area (Å²) >= 11 is 0. The molecule has 3 aromatic rings. The Morgan fingerprint density at radius 1 is 1.24 bits per heavy atom. The molecule has 3 N–H and O–H groups in total. The van der Waals surface area contributed by atoms with Gasteiger partial charge in [-0.2, -0.15) is 13.5 Å². The number of hydrogen-bond acceptors (Lipinski definition) is 5. The summed E-state index contributed by atoms with van der Waals surface area (Å²) in [5, 5.41) is 7.93. The predicted octanol–water partition coefficient (Wildman–Crippen LogP) is 3.69. The number of fused-ring (bicyclic) bond motifs is 1. The Labute approximate surface area is 153 Å². The summed E-state index contributed by atoms with van der Waals surface area (Å²) in [6.07, 6.45) is 4.33. The number of aromatic nitrogens is 3. The van der Waals surface area contributed by atoms with Crippen molar-refractivity contribution in [3.05, 3.63) is 52.6 Å². The van der Waals surface area contributed by atoms with Gasteiger partial charge in [-0.1, -0.05) is 6.92 Å². The first kappa shape index (κ1) is 18.8. The van der Waals surface area contributed by atoms with Gasteiger partial charge < -0.3 is 15.6 Å². The van der Waals surface area contributed by atoms with Gasteiger partial charge in [-0.3, -0.25) is 4.79 Å². The first-order valence-electron chi connectivity index (χ1n) is 8.05. The molecule has 0 saturated heterocycles. The fourth-order valence-corrected chi connectivity index (χ4v) is 2.45. The van der Waals surface area contributed by atoms with Gasteiger partial charge in [-0.25, -0.2) is 9.97 Å². The minimum atomic E-state index is -0.147. The maximum atomic E-state index is 12.2. The van der Waals surface area contributed by atoms with E-state index in [-0.39, 0.29) is 25.1 Å². The second kappa shape index (κ2) is 8.02. The standard InChI is InChI=1S/C18H21N5O.H2S/c1-4-12(3)21-17-16-13(6-8-20-18(16)24)10-15(23-17)22-14-9-11(2)5-7-19-14;/h5-10,12H,4H2,1-3H3,(H,20,24)(H2,19,21,22,23);1H2/t12-;/m0./s1. The minimum Gasteiger partial charge on any atom is -0.367 e. The van der Waals surface area contributed by atoms with Crippen LogP contribution in [0.3, 0.4) is 0 Å². The van der Waals surface area contributed by atoms with Gasteiger partial charge in [-0.05, 0) is 55.5 Å². The molecule has 0 bridgehead atoms. The van der Waals surface area contributed by atoms with E-state index in [1.54, 1.807) is 12.4 Å². The van der Waals surface area contributed by atoms with E-state index in [0.717, 1.165) is 23.2 Å². The highest BCUT2D eigenvalue weighted by molar-refractivity contribution is 7.59. The number of aromatic amines is 1. The van der Waals surface area contributed by atoms with Crippen LogP contribution in [-0.2, 0) is 0 Å². The Morgan fingerprint density at radius 2 is 2.04 bits per heavy atom. The van der Waals surface area contributed by atoms with Gasteiger partial charge in [0.15, 0.2) is 0 Å². The SMILES string of the molecule is CC[C@H](C)Nc1nc(Nc2cc(C)ccn2)cc2cc[nH]c(=O)c12.S. The molecule has 3 rings (SSSR count). The zero-order valence-corrected chi connectivity index (χ0v) is 15.6. The summed E-state index contributed by atoms with van der Waals surface area (Å²) in [6, 6.07) is 7.83. The number of nitrogens with zero attached hydrogens (tertiary/aromatic N) is 2. The molecule has 6 nitrogen and oxygen atoms in total. The second-order valence-corrected chi connectivity index (χ2v) is 5.92. The molecule has 0 aliphatic carbocycles. The van der Waals surface area contributed by atoms with Crippen LogP contribution in [0, 0.1) is 6.92 Å². The van der Waals surface area contributed by atoms with Crippen molar-refractivity contribution in [1.29, 1.82) is 0 Å². The van der Waals surface area contributed by atoms with Gasteiger partial charge >= 0.3 is 0 Å². The van der Waals surface area contributed by atoms with Crippen molar-refractivity contribution in [3.8, 4) is 0 Å². The van der Waals surface area contributed by atoms with Gasteiger partial charge in [0, 0.05) is 18.4 Å². The first-order chi connectivity index (χ1) is 11.6. The van der Waals surface area contributed by atoms with Crippen LogP contribution in [-0.4, -0.2) is 21.0 Å². The largest absolute Gasteiger partial charge is 0.367 e. The topological polar surface area (TPSA) is 82.7 Å². The maximum Gasteiger partial charge on any atom is 0.259 e. The van der Waals surface area contributed by atoms with Crippen LogP contribution in [0.1, 0.15) is 25.8 Å². The van der Waals surface area contributed by atoms with Crippen LogP contribution in [0.2, 0.25) is 0 Å². The van der Waals surface area contributed by atoms with Crippen LogP contribution in [0.15, 0.2) is 41.5 Å². The van der Waals surface area contributed by atoms with E-state index in [1.807, 2.05) is 31.2 Å². The summed E-state index contributed by atoms with van der Waals surface area (Å²) < 4.78 is 0. The Kier molecular flexibility index (Phi) is 6.03. The molecule has 3 aromatic heterocycles. The second-order valence-electron chi connectivity index (χ2n) is 5.92. The normalized spacial score (nSPS) is 11.6. The molecule has 0 aromatic carbocycles. The van der Waals surface area contributed by atoms with E-state index in [9.17, 15) is 4.79 Å². The smallest absolute Gasteiger partial charge is 0.259 e. The fraction of sp³-hybridized carbons (Fsp3) is 0.278. The number of pyridine rings is 3. The number of H-pyrrole nitrogens is 1. The average molecular weight is 357 g/mol. The molecule has 0 aliphatic rings. The summed E-state index contributed by atoms with van der Waals surface area (Å²) in [5.74, 6) is 1.96. The lowest BCUT2D eigenvalue weighted by atomic mass is 10.2. The number of aryl methyl sites for hydroxylation is 1. The molecular formula is C18H23N5OS. The van der Waals surface area contributed by atoms with Gasteiger partial charge in [0.25, 0.3) is 5.56 Å². The summed E-state index contributed by atoms with van der Waals surface area (Å²) in [7, 11) is 0. The lowest BCUT2D eigenvalue weighted by Crippen LogP contribution is -2.18. The van der Waals surface area contributed by atoms with E-state index in [0.29, 0.717) is 17.0 Å². The Balaban J connectivity index is 0.00000225. The third-order valence-electron chi connectivity index (χ3n) is 3.92. The third kappa shape index (κ3) is 4.30. The van der Waals surface area contributed by atoms with Crippen molar-refractivity contribution < 1.29 is 0 Å². The zero-order chi connectivity index (χ0) is 17.1. The number of hydrogen-bond donors (Lipinski definition) is 3. The number of rotatable bonds is 5. The summed E-state index contributed by atoms with van der Waals surface area (Å²) in [6.45, 7) is 6.16. The molecule has 0 aliphatic heterocycles. The quantitative estimate of drug-likeness (QED) is 0.649. The molecular weight excluding hydrogens is 334 g/mol. The lowest BCUT2D eigenvalue weighted by molar-refractivity contribution is 0.760. The number of nitrogens with one attached hydrogen (secondary N) is 3. The van der Waals surface area contributed by atoms with Crippen LogP contribution >= 0.6 is 13.5 Å². The van der Waals surface area contributed by atoms with E-state index in [4.69, 9.17) is 0 Å². The van der Waals surface area contributed by atoms with Crippen LogP contribution in [0.25, 0.3) is 10.8 Å². The summed E-state index contributed by atoms with van der Waals surface area (Å²) in [5.41, 5.74) is 0.966. The van der Waals surface area contributed by atoms with Gasteiger partial charge in [0.1, 0.15) is 17.5 Å². The van der Waals surface area contributed by atoms with E-state index in [2.05, 4.69) is 39.4 Å². The molecule has 0 saturated carbocycles. The molecule has 1 atom stereocenters. The number of anilines is 3. The van der Waals surface area contributed by atoms with E-state index >= 15 is 0 Å². The monoisotopic (exact) mass is 357 g/mol. The molecule has 0 amide bonds. The Morgan fingerprint density at radius 3 is 2.76 bits per heavy atom. The van der Waals surface area contributed by atoms with Crippen molar-refractivity contribution in [3.63, 3.8) is 0 Å². The molecule has 7 heteroatoms. The van der Waals surface area contributed by atoms with Crippen molar-refractivity contribution in [2.24, 2.45) is 0 Å². The highest BCUT2D eigenvalue weighted by atomic mass is 32.1. The van der Waals surface area contributed by atoms with Crippen molar-refractivity contribution in [2.45, 2.75) is 33.2 Å². The van der Waals surface area contributed by atoms with Crippen molar-refractivity contribution in [2.75, 3.05) is 10.6 Å². The van der Waals surface area contributed by atoms with Crippen LogP contribution < -0.4 is 16.2 Å². The molecule has 0 radical (unpaired) electrons. The van der Waals surface area contributed by atoms with Gasteiger partial charge in [0.2, 0.25) is 0 Å². The maximum absolute atomic E-state index is 12.2. The van der Waals surface area contributed by atoms with Crippen molar-refractivity contribution >= 4 is 41.7 Å². The van der Waals surface area contributed by atoms with E-state index in [1.165, 1.54) is 0 Å². The molecule has 132 valence electrons. The highest BCUT2D eigenvalue weighted by Crippen LogP contribution is 2.24. The third-order valence-corrected chi connectivity index (χ3v) is 3.92. The van der Waals surface area contributed by atoms with Crippen molar-refractivity contribution in [1.82, 2.24) is 15.0 Å². The highest BCUT2D eigenvalue weighted by Gasteiger charge is 2.12. The predicted molar refractivity (Wildman–Crippen MR) is 108 cm³/mol. The van der Waals surface area contributed by atoms with E-state index < -0.39 is 0 Å². The molecule has 0 unspecified atom stereocenters. The Bertz CT molecular complexity index is 925. The van der Waals surface area contributed by atoms with Crippen LogP contribution in [0.5, 0.6) is 0 Å². The molecule has 0 fully saturated rings. The first-order valence-corrected chi connectivity index (χ1v) is 8.05.